The summed E-state index contributed by atoms with van der Waals surface area (Å²) in [7, 11) is 0. The minimum Gasteiger partial charge on any atom is -0.488 e. The Labute approximate surface area is 187 Å². The zero-order valence-electron chi connectivity index (χ0n) is 17.8. The number of hydrogen-bond donors (Lipinski definition) is 2. The van der Waals surface area contributed by atoms with Crippen molar-refractivity contribution >= 4 is 29.9 Å². The van der Waals surface area contributed by atoms with E-state index in [-0.39, 0.29) is 29.6 Å². The van der Waals surface area contributed by atoms with Gasteiger partial charge in [0.15, 0.2) is 5.96 Å². The van der Waals surface area contributed by atoms with Gasteiger partial charge in [-0.15, -0.1) is 24.0 Å². The Morgan fingerprint density at radius 1 is 1.14 bits per heavy atom. The van der Waals surface area contributed by atoms with Crippen molar-refractivity contribution in [1.82, 2.24) is 15.5 Å². The van der Waals surface area contributed by atoms with E-state index in [4.69, 9.17) is 9.73 Å². The number of ether oxygens (including phenoxy) is 1. The second kappa shape index (κ2) is 10.7. The highest BCUT2D eigenvalue weighted by Gasteiger charge is 2.31. The molecule has 2 N–H and O–H groups in total. The van der Waals surface area contributed by atoms with Crippen molar-refractivity contribution in [3.8, 4) is 5.75 Å². The minimum absolute atomic E-state index is 0. The standard InChI is InChI=1S/C22H36N4O.HI/c1-5-23-21(25-18-12-14-26(15-13-18)19-10-11-19)24-16-17-8-6-7-9-20(17)27-22(2,3)4;/h6-9,18-19H,5,10-16H2,1-4H3,(H2,23,24,25);1H. The van der Waals surface area contributed by atoms with E-state index in [0.717, 1.165) is 29.9 Å². The molecule has 1 aromatic rings. The summed E-state index contributed by atoms with van der Waals surface area (Å²) in [6.07, 6.45) is 5.20. The van der Waals surface area contributed by atoms with Gasteiger partial charge in [0.2, 0.25) is 0 Å². The van der Waals surface area contributed by atoms with Crippen molar-refractivity contribution in [1.29, 1.82) is 0 Å². The normalized spacial score (nSPS) is 19.1. The maximum absolute atomic E-state index is 6.10. The predicted molar refractivity (Wildman–Crippen MR) is 128 cm³/mol. The molecule has 1 saturated heterocycles. The molecule has 0 amide bonds. The number of benzene rings is 1. The van der Waals surface area contributed by atoms with E-state index in [1.165, 1.54) is 38.8 Å². The van der Waals surface area contributed by atoms with Gasteiger partial charge in [-0.1, -0.05) is 18.2 Å². The molecule has 28 heavy (non-hydrogen) atoms. The van der Waals surface area contributed by atoms with Gasteiger partial charge >= 0.3 is 0 Å². The van der Waals surface area contributed by atoms with Gasteiger partial charge in [0, 0.05) is 37.3 Å². The van der Waals surface area contributed by atoms with Gasteiger partial charge in [-0.2, -0.15) is 0 Å². The Kier molecular flexibility index (Phi) is 8.86. The van der Waals surface area contributed by atoms with Crippen LogP contribution in [-0.4, -0.2) is 48.2 Å². The van der Waals surface area contributed by atoms with Crippen LogP contribution in [0.25, 0.3) is 0 Å². The Bertz CT molecular complexity index is 632. The number of rotatable bonds is 6. The van der Waals surface area contributed by atoms with Crippen LogP contribution >= 0.6 is 24.0 Å². The molecule has 2 fully saturated rings. The average molecular weight is 500 g/mol. The number of nitrogens with zero attached hydrogens (tertiary/aromatic N) is 2. The molecular formula is C22H37IN4O. The van der Waals surface area contributed by atoms with Crippen LogP contribution < -0.4 is 15.4 Å². The van der Waals surface area contributed by atoms with Gasteiger partial charge in [-0.3, -0.25) is 0 Å². The molecule has 5 nitrogen and oxygen atoms in total. The minimum atomic E-state index is -0.210. The predicted octanol–water partition coefficient (Wildman–Crippen LogP) is 4.16. The summed E-state index contributed by atoms with van der Waals surface area (Å²) in [5.74, 6) is 1.83. The molecule has 0 unspecified atom stereocenters. The third-order valence-electron chi connectivity index (χ3n) is 5.07. The van der Waals surface area contributed by atoms with Crippen molar-refractivity contribution in [3.63, 3.8) is 0 Å². The summed E-state index contributed by atoms with van der Waals surface area (Å²) < 4.78 is 6.10. The second-order valence-corrected chi connectivity index (χ2v) is 8.70. The lowest BCUT2D eigenvalue weighted by molar-refractivity contribution is 0.129. The van der Waals surface area contributed by atoms with E-state index >= 15 is 0 Å². The number of halogens is 1. The molecule has 6 heteroatoms. The van der Waals surface area contributed by atoms with Crippen molar-refractivity contribution in [2.75, 3.05) is 19.6 Å². The molecule has 1 heterocycles. The fraction of sp³-hybridized carbons (Fsp3) is 0.682. The van der Waals surface area contributed by atoms with Crippen LogP contribution in [0.4, 0.5) is 0 Å². The van der Waals surface area contributed by atoms with E-state index in [2.05, 4.69) is 49.3 Å². The first-order valence-electron chi connectivity index (χ1n) is 10.5. The van der Waals surface area contributed by atoms with Crippen LogP contribution in [0.1, 0.15) is 58.9 Å². The third-order valence-corrected chi connectivity index (χ3v) is 5.07. The Morgan fingerprint density at radius 3 is 2.43 bits per heavy atom. The molecule has 0 bridgehead atoms. The third kappa shape index (κ3) is 7.43. The largest absolute Gasteiger partial charge is 0.488 e. The fourth-order valence-electron chi connectivity index (χ4n) is 3.59. The monoisotopic (exact) mass is 500 g/mol. The molecule has 2 aliphatic rings. The molecule has 158 valence electrons. The van der Waals surface area contributed by atoms with Gasteiger partial charge in [-0.05, 0) is 59.4 Å². The highest BCUT2D eigenvalue weighted by Crippen LogP contribution is 2.29. The topological polar surface area (TPSA) is 48.9 Å². The fourth-order valence-corrected chi connectivity index (χ4v) is 3.59. The number of nitrogens with one attached hydrogen (secondary N) is 2. The van der Waals surface area contributed by atoms with Crippen LogP contribution in [0.5, 0.6) is 5.75 Å². The van der Waals surface area contributed by atoms with Crippen LogP contribution in [0.3, 0.4) is 0 Å². The average Bonchev–Trinajstić information content (AvgIpc) is 3.45. The highest BCUT2D eigenvalue weighted by atomic mass is 127. The molecule has 3 rings (SSSR count). The van der Waals surface area contributed by atoms with Gasteiger partial charge in [0.1, 0.15) is 11.4 Å². The molecule has 0 atom stereocenters. The molecule has 1 aliphatic heterocycles. The number of guanidine groups is 1. The van der Waals surface area contributed by atoms with Gasteiger partial charge in [-0.25, -0.2) is 4.99 Å². The summed E-state index contributed by atoms with van der Waals surface area (Å²) in [4.78, 5) is 7.49. The number of likely N-dealkylation sites (tertiary alicyclic amines) is 1. The van der Waals surface area contributed by atoms with E-state index in [0.29, 0.717) is 12.6 Å². The Morgan fingerprint density at radius 2 is 1.82 bits per heavy atom. The van der Waals surface area contributed by atoms with Gasteiger partial charge in [0.05, 0.1) is 6.54 Å². The number of piperidine rings is 1. The molecule has 0 radical (unpaired) electrons. The molecule has 0 spiro atoms. The van der Waals surface area contributed by atoms with Gasteiger partial charge in [0.25, 0.3) is 0 Å². The first-order valence-corrected chi connectivity index (χ1v) is 10.5. The smallest absolute Gasteiger partial charge is 0.191 e. The van der Waals surface area contributed by atoms with E-state index in [1.54, 1.807) is 0 Å². The van der Waals surface area contributed by atoms with Crippen molar-refractivity contribution < 1.29 is 4.74 Å². The van der Waals surface area contributed by atoms with Crippen LogP contribution in [0.2, 0.25) is 0 Å². The van der Waals surface area contributed by atoms with Crippen LogP contribution in [-0.2, 0) is 6.54 Å². The molecule has 1 saturated carbocycles. The molecule has 0 aromatic heterocycles. The van der Waals surface area contributed by atoms with E-state index in [9.17, 15) is 0 Å². The highest BCUT2D eigenvalue weighted by molar-refractivity contribution is 14.0. The molecule has 1 aliphatic carbocycles. The molecular weight excluding hydrogens is 463 g/mol. The van der Waals surface area contributed by atoms with Crippen LogP contribution in [0, 0.1) is 0 Å². The molecule has 1 aromatic carbocycles. The Balaban J connectivity index is 0.00000280. The summed E-state index contributed by atoms with van der Waals surface area (Å²) >= 11 is 0. The number of aliphatic imine (C=N–C) groups is 1. The summed E-state index contributed by atoms with van der Waals surface area (Å²) in [6, 6.07) is 9.59. The zero-order valence-corrected chi connectivity index (χ0v) is 20.2. The lowest BCUT2D eigenvalue weighted by Gasteiger charge is -2.33. The van der Waals surface area contributed by atoms with Crippen LogP contribution in [0.15, 0.2) is 29.3 Å². The quantitative estimate of drug-likeness (QED) is 0.350. The number of para-hydroxylation sites is 1. The number of hydrogen-bond acceptors (Lipinski definition) is 3. The summed E-state index contributed by atoms with van der Waals surface area (Å²) in [5.41, 5.74) is 0.908. The zero-order chi connectivity index (χ0) is 19.3. The van der Waals surface area contributed by atoms with Crippen molar-refractivity contribution in [3.05, 3.63) is 29.8 Å². The summed E-state index contributed by atoms with van der Waals surface area (Å²) in [6.45, 7) is 12.2. The second-order valence-electron chi connectivity index (χ2n) is 8.70. The van der Waals surface area contributed by atoms with E-state index < -0.39 is 0 Å². The first kappa shape index (κ1) is 23.3. The maximum atomic E-state index is 6.10. The summed E-state index contributed by atoms with van der Waals surface area (Å²) in [5, 5.41) is 7.04. The van der Waals surface area contributed by atoms with Crippen molar-refractivity contribution in [2.45, 2.75) is 77.6 Å². The van der Waals surface area contributed by atoms with E-state index in [1.807, 2.05) is 18.2 Å². The lowest BCUT2D eigenvalue weighted by atomic mass is 10.1. The first-order chi connectivity index (χ1) is 12.9. The van der Waals surface area contributed by atoms with Gasteiger partial charge < -0.3 is 20.3 Å². The van der Waals surface area contributed by atoms with Crippen molar-refractivity contribution in [2.24, 2.45) is 4.99 Å². The lowest BCUT2D eigenvalue weighted by Crippen LogP contribution is -2.49. The maximum Gasteiger partial charge on any atom is 0.191 e. The Hall–Kier alpha value is -1.02. The SMILES string of the molecule is CCNC(=NCc1ccccc1OC(C)(C)C)NC1CCN(C2CC2)CC1.I.